The number of nitrogens with one attached hydrogen (secondary N) is 1. The normalized spacial score (nSPS) is 12.9. The van der Waals surface area contributed by atoms with Gasteiger partial charge in [-0.3, -0.25) is 13.9 Å². The van der Waals surface area contributed by atoms with Crippen molar-refractivity contribution >= 4 is 50.7 Å². The number of nitrogens with zero attached hydrogens (tertiary/aromatic N) is 2. The van der Waals surface area contributed by atoms with Gasteiger partial charge in [-0.2, -0.15) is 0 Å². The minimum absolute atomic E-state index is 0.00177. The minimum Gasteiger partial charge on any atom is -0.352 e. The Morgan fingerprint density at radius 3 is 2.10 bits per heavy atom. The summed E-state index contributed by atoms with van der Waals surface area (Å²) in [5, 5.41) is 3.36. The van der Waals surface area contributed by atoms with Crippen molar-refractivity contribution in [2.24, 2.45) is 0 Å². The van der Waals surface area contributed by atoms with E-state index in [1.54, 1.807) is 25.1 Å². The lowest BCUT2D eigenvalue weighted by Crippen LogP contribution is -2.52. The van der Waals surface area contributed by atoms with Gasteiger partial charge in [0.15, 0.2) is 0 Å². The summed E-state index contributed by atoms with van der Waals surface area (Å²) in [6.45, 7) is 6.95. The number of aryl methyl sites for hydroxylation is 1. The van der Waals surface area contributed by atoms with Gasteiger partial charge in [0.05, 0.1) is 10.6 Å². The van der Waals surface area contributed by atoms with Crippen LogP contribution in [0.25, 0.3) is 0 Å². The van der Waals surface area contributed by atoms with Crippen molar-refractivity contribution in [2.75, 3.05) is 10.8 Å². The van der Waals surface area contributed by atoms with Crippen LogP contribution in [0.2, 0.25) is 10.0 Å². The Kier molecular flexibility index (Phi) is 10.4. The van der Waals surface area contributed by atoms with E-state index in [-0.39, 0.29) is 39.1 Å². The third kappa shape index (κ3) is 7.75. The lowest BCUT2D eigenvalue weighted by atomic mass is 10.1. The van der Waals surface area contributed by atoms with Crippen molar-refractivity contribution in [1.29, 1.82) is 0 Å². The first-order valence-electron chi connectivity index (χ1n) is 12.6. The molecule has 7 nitrogen and oxygen atoms in total. The zero-order valence-corrected chi connectivity index (χ0v) is 24.7. The molecule has 3 aromatic carbocycles. The Morgan fingerprint density at radius 1 is 0.923 bits per heavy atom. The molecule has 0 bridgehead atoms. The van der Waals surface area contributed by atoms with E-state index in [0.717, 1.165) is 21.9 Å². The Balaban J connectivity index is 2.06. The van der Waals surface area contributed by atoms with Crippen LogP contribution in [0.4, 0.5) is 5.69 Å². The van der Waals surface area contributed by atoms with Crippen molar-refractivity contribution in [1.82, 2.24) is 10.2 Å². The van der Waals surface area contributed by atoms with Crippen LogP contribution >= 0.6 is 23.2 Å². The summed E-state index contributed by atoms with van der Waals surface area (Å²) in [6, 6.07) is 18.8. The molecule has 208 valence electrons. The molecule has 0 fully saturated rings. The number of amides is 2. The maximum absolute atomic E-state index is 14.0. The monoisotopic (exact) mass is 589 g/mol. The van der Waals surface area contributed by atoms with Gasteiger partial charge in [0.25, 0.3) is 10.0 Å². The molecule has 0 heterocycles. The third-order valence-corrected chi connectivity index (χ3v) is 8.74. The van der Waals surface area contributed by atoms with E-state index in [4.69, 9.17) is 23.2 Å². The number of hydrogen-bond donors (Lipinski definition) is 1. The van der Waals surface area contributed by atoms with Crippen molar-refractivity contribution < 1.29 is 18.0 Å². The Bertz CT molecular complexity index is 1400. The maximum Gasteiger partial charge on any atom is 0.264 e. The van der Waals surface area contributed by atoms with Crippen LogP contribution < -0.4 is 9.62 Å². The molecule has 0 aromatic heterocycles. The van der Waals surface area contributed by atoms with Gasteiger partial charge in [-0.1, -0.05) is 72.6 Å². The second-order valence-electron chi connectivity index (χ2n) is 9.39. The minimum atomic E-state index is -4.20. The van der Waals surface area contributed by atoms with Gasteiger partial charge in [0.2, 0.25) is 11.8 Å². The SMILES string of the molecule is CC[C@@H](C)NC(=O)[C@H](C)N(Cc1ccccc1C)C(=O)CN(c1cc(Cl)cc(Cl)c1)S(=O)(=O)c1ccccc1. The van der Waals surface area contributed by atoms with Crippen LogP contribution in [-0.2, 0) is 26.2 Å². The maximum atomic E-state index is 14.0. The smallest absolute Gasteiger partial charge is 0.264 e. The molecule has 0 aliphatic carbocycles. The molecule has 2 amide bonds. The number of benzene rings is 3. The van der Waals surface area contributed by atoms with E-state index in [0.29, 0.717) is 0 Å². The van der Waals surface area contributed by atoms with Crippen molar-refractivity contribution in [3.05, 3.63) is 94.0 Å². The van der Waals surface area contributed by atoms with E-state index in [1.807, 2.05) is 45.0 Å². The summed E-state index contributed by atoms with van der Waals surface area (Å²) < 4.78 is 28.6. The fourth-order valence-corrected chi connectivity index (χ4v) is 5.88. The van der Waals surface area contributed by atoms with E-state index in [2.05, 4.69) is 5.32 Å². The highest BCUT2D eigenvalue weighted by molar-refractivity contribution is 7.92. The number of carbonyl (C=O) groups excluding carboxylic acids is 2. The molecule has 0 aliphatic heterocycles. The van der Waals surface area contributed by atoms with Crippen molar-refractivity contribution in [3.8, 4) is 0 Å². The molecule has 0 saturated carbocycles. The fraction of sp³-hybridized carbons (Fsp3) is 0.310. The zero-order valence-electron chi connectivity index (χ0n) is 22.4. The number of carbonyl (C=O) groups is 2. The molecule has 3 rings (SSSR count). The summed E-state index contributed by atoms with van der Waals surface area (Å²) in [7, 11) is -4.20. The summed E-state index contributed by atoms with van der Waals surface area (Å²) >= 11 is 12.4. The predicted molar refractivity (Wildman–Crippen MR) is 157 cm³/mol. The second kappa shape index (κ2) is 13.3. The van der Waals surface area contributed by atoms with Gasteiger partial charge in [-0.25, -0.2) is 8.42 Å². The molecule has 0 saturated heterocycles. The molecule has 39 heavy (non-hydrogen) atoms. The van der Waals surface area contributed by atoms with Crippen LogP contribution in [-0.4, -0.2) is 43.8 Å². The van der Waals surface area contributed by atoms with Crippen LogP contribution in [0.5, 0.6) is 0 Å². The number of rotatable bonds is 11. The average Bonchev–Trinajstić information content (AvgIpc) is 2.90. The molecule has 0 spiro atoms. The standard InChI is InChI=1S/C29H33Cl2N3O4S/c1-5-21(3)32-29(36)22(4)33(18-23-12-10-9-11-20(23)2)28(35)19-34(26-16-24(30)15-25(31)17-26)39(37,38)27-13-7-6-8-14-27/h6-17,21-22H,5,18-19H2,1-4H3,(H,32,36)/t21-,22+/m1/s1. The Hall–Kier alpha value is -3.07. The lowest BCUT2D eigenvalue weighted by molar-refractivity contribution is -0.139. The van der Waals surface area contributed by atoms with Crippen molar-refractivity contribution in [2.45, 2.75) is 57.6 Å². The number of anilines is 1. The molecule has 0 radical (unpaired) electrons. The van der Waals surface area contributed by atoms with Crippen LogP contribution in [0.15, 0.2) is 77.7 Å². The molecule has 10 heteroatoms. The molecule has 0 aliphatic rings. The molecule has 0 unspecified atom stereocenters. The predicted octanol–water partition coefficient (Wildman–Crippen LogP) is 5.83. The van der Waals surface area contributed by atoms with E-state index in [9.17, 15) is 18.0 Å². The first-order valence-corrected chi connectivity index (χ1v) is 14.8. The molecule has 2 atom stereocenters. The van der Waals surface area contributed by atoms with E-state index >= 15 is 0 Å². The van der Waals surface area contributed by atoms with Crippen LogP contribution in [0.1, 0.15) is 38.3 Å². The summed E-state index contributed by atoms with van der Waals surface area (Å²) in [5.74, 6) is -0.879. The largest absolute Gasteiger partial charge is 0.352 e. The first-order chi connectivity index (χ1) is 18.4. The highest BCUT2D eigenvalue weighted by Gasteiger charge is 2.33. The van der Waals surface area contributed by atoms with Crippen LogP contribution in [0.3, 0.4) is 0 Å². The van der Waals surface area contributed by atoms with Gasteiger partial charge in [0.1, 0.15) is 12.6 Å². The number of halogens is 2. The van der Waals surface area contributed by atoms with Gasteiger partial charge >= 0.3 is 0 Å². The fourth-order valence-electron chi connectivity index (χ4n) is 3.95. The number of sulfonamides is 1. The molecular formula is C29H33Cl2N3O4S. The van der Waals surface area contributed by atoms with Gasteiger partial charge in [-0.15, -0.1) is 0 Å². The highest BCUT2D eigenvalue weighted by Crippen LogP contribution is 2.30. The third-order valence-electron chi connectivity index (χ3n) is 6.52. The quantitative estimate of drug-likeness (QED) is 0.305. The number of hydrogen-bond acceptors (Lipinski definition) is 4. The Labute approximate surface area is 240 Å². The topological polar surface area (TPSA) is 86.8 Å². The van der Waals surface area contributed by atoms with E-state index in [1.165, 1.54) is 35.2 Å². The average molecular weight is 591 g/mol. The molecule has 3 aromatic rings. The summed E-state index contributed by atoms with van der Waals surface area (Å²) in [4.78, 5) is 28.5. The lowest BCUT2D eigenvalue weighted by Gasteiger charge is -2.33. The van der Waals surface area contributed by atoms with Gasteiger partial charge in [0, 0.05) is 22.6 Å². The van der Waals surface area contributed by atoms with Crippen molar-refractivity contribution in [3.63, 3.8) is 0 Å². The molecular weight excluding hydrogens is 557 g/mol. The van der Waals surface area contributed by atoms with Gasteiger partial charge < -0.3 is 10.2 Å². The van der Waals surface area contributed by atoms with Gasteiger partial charge in [-0.05, 0) is 68.7 Å². The first kappa shape index (κ1) is 30.5. The molecule has 1 N–H and O–H groups in total. The second-order valence-corrected chi connectivity index (χ2v) is 12.1. The summed E-state index contributed by atoms with van der Waals surface area (Å²) in [6.07, 6.45) is 0.725. The zero-order chi connectivity index (χ0) is 28.7. The Morgan fingerprint density at radius 2 is 1.51 bits per heavy atom. The summed E-state index contributed by atoms with van der Waals surface area (Å²) in [5.41, 5.74) is 1.93. The highest BCUT2D eigenvalue weighted by atomic mass is 35.5. The van der Waals surface area contributed by atoms with E-state index < -0.39 is 28.5 Å². The van der Waals surface area contributed by atoms with Crippen LogP contribution in [0, 0.1) is 6.92 Å².